The Hall–Kier alpha value is -3.29. The first-order valence-electron chi connectivity index (χ1n) is 8.85. The molecule has 0 bridgehead atoms. The molecule has 1 aliphatic rings. The van der Waals surface area contributed by atoms with E-state index in [2.05, 4.69) is 0 Å². The van der Waals surface area contributed by atoms with E-state index in [9.17, 15) is 4.79 Å². The molecule has 0 aromatic heterocycles. The van der Waals surface area contributed by atoms with Gasteiger partial charge in [-0.05, 0) is 12.1 Å². The van der Waals surface area contributed by atoms with E-state index in [1.54, 1.807) is 18.2 Å². The molecule has 1 heterocycles. The maximum Gasteiger partial charge on any atom is 0.207 e. The number of Topliss-reactive ketones (excluding diaryl/α,β-unsaturated/α-hetero) is 1. The first kappa shape index (κ1) is 20.4. The lowest BCUT2D eigenvalue weighted by atomic mass is 9.94. The zero-order valence-electron chi connectivity index (χ0n) is 17.3. The molecule has 3 rings (SSSR count). The van der Waals surface area contributed by atoms with Gasteiger partial charge in [-0.25, -0.2) is 0 Å². The third-order valence-corrected chi connectivity index (χ3v) is 4.78. The number of ketones is 1. The number of carbonyl (C=O) groups is 1. The highest BCUT2D eigenvalue weighted by Crippen LogP contribution is 2.51. The summed E-state index contributed by atoms with van der Waals surface area (Å²) in [7, 11) is 9.07. The van der Waals surface area contributed by atoms with E-state index >= 15 is 0 Å². The Morgan fingerprint density at radius 2 is 1.41 bits per heavy atom. The number of methoxy groups -OCH3 is 6. The van der Waals surface area contributed by atoms with Gasteiger partial charge in [-0.2, -0.15) is 0 Å². The first-order valence-corrected chi connectivity index (χ1v) is 8.85. The van der Waals surface area contributed by atoms with Crippen LogP contribution in [0.2, 0.25) is 0 Å². The molecule has 0 aliphatic carbocycles. The van der Waals surface area contributed by atoms with Gasteiger partial charge in [-0.15, -0.1) is 0 Å². The lowest BCUT2D eigenvalue weighted by molar-refractivity contribution is 0.0837. The predicted octanol–water partition coefficient (Wildman–Crippen LogP) is 3.44. The molecular weight excluding hydrogens is 380 g/mol. The van der Waals surface area contributed by atoms with Gasteiger partial charge in [0, 0.05) is 11.6 Å². The van der Waals surface area contributed by atoms with Crippen LogP contribution in [0.15, 0.2) is 18.2 Å². The lowest BCUT2D eigenvalue weighted by Crippen LogP contribution is -2.22. The lowest BCUT2D eigenvalue weighted by Gasteiger charge is -2.29. The summed E-state index contributed by atoms with van der Waals surface area (Å²) in [6.07, 6.45) is -0.542. The summed E-state index contributed by atoms with van der Waals surface area (Å²) < 4.78 is 38.8. The van der Waals surface area contributed by atoms with Gasteiger partial charge in [-0.3, -0.25) is 4.79 Å². The number of fused-ring (bicyclic) bond motifs is 1. The Balaban J connectivity index is 2.15. The van der Waals surface area contributed by atoms with Crippen LogP contribution in [-0.2, 0) is 0 Å². The summed E-state index contributed by atoms with van der Waals surface area (Å²) >= 11 is 0. The van der Waals surface area contributed by atoms with Gasteiger partial charge in [0.25, 0.3) is 0 Å². The van der Waals surface area contributed by atoms with E-state index < -0.39 is 6.10 Å². The molecule has 156 valence electrons. The van der Waals surface area contributed by atoms with E-state index in [4.69, 9.17) is 33.2 Å². The number of ether oxygens (including phenoxy) is 7. The molecule has 0 amide bonds. The van der Waals surface area contributed by atoms with Crippen LogP contribution in [0.25, 0.3) is 0 Å². The summed E-state index contributed by atoms with van der Waals surface area (Å²) in [6, 6.07) is 5.03. The van der Waals surface area contributed by atoms with Crippen molar-refractivity contribution in [3.05, 3.63) is 29.3 Å². The molecule has 1 aliphatic heterocycles. The Morgan fingerprint density at radius 3 is 1.97 bits per heavy atom. The minimum atomic E-state index is -0.638. The topological polar surface area (TPSA) is 81.7 Å². The maximum absolute atomic E-state index is 12.9. The summed E-state index contributed by atoms with van der Waals surface area (Å²) in [5.41, 5.74) is 1.00. The van der Waals surface area contributed by atoms with Crippen molar-refractivity contribution in [3.63, 3.8) is 0 Å². The van der Waals surface area contributed by atoms with E-state index in [1.807, 2.05) is 0 Å². The van der Waals surface area contributed by atoms with Crippen molar-refractivity contribution < 1.29 is 38.0 Å². The fourth-order valence-corrected chi connectivity index (χ4v) is 3.41. The van der Waals surface area contributed by atoms with Crippen molar-refractivity contribution in [2.24, 2.45) is 0 Å². The fraction of sp³-hybridized carbons (Fsp3) is 0.381. The van der Waals surface area contributed by atoms with Gasteiger partial charge in [0.2, 0.25) is 11.5 Å². The van der Waals surface area contributed by atoms with E-state index in [1.165, 1.54) is 42.7 Å². The minimum absolute atomic E-state index is 0.0956. The molecule has 0 N–H and O–H groups in total. The van der Waals surface area contributed by atoms with Crippen molar-refractivity contribution in [3.8, 4) is 40.2 Å². The van der Waals surface area contributed by atoms with E-state index in [-0.39, 0.29) is 12.2 Å². The van der Waals surface area contributed by atoms with Crippen LogP contribution in [0.4, 0.5) is 0 Å². The molecule has 2 aromatic rings. The van der Waals surface area contributed by atoms with Crippen LogP contribution < -0.4 is 33.2 Å². The van der Waals surface area contributed by atoms with Crippen LogP contribution in [-0.4, -0.2) is 48.4 Å². The van der Waals surface area contributed by atoms with E-state index in [0.717, 1.165) is 0 Å². The summed E-state index contributed by atoms with van der Waals surface area (Å²) in [6.45, 7) is 0. The Labute approximate surface area is 169 Å². The normalized spacial score (nSPS) is 15.1. The van der Waals surface area contributed by atoms with Crippen LogP contribution >= 0.6 is 0 Å². The third-order valence-electron chi connectivity index (χ3n) is 4.78. The molecule has 0 radical (unpaired) electrons. The summed E-state index contributed by atoms with van der Waals surface area (Å²) in [5.74, 6) is 2.75. The molecule has 1 atom stereocenters. The second-order valence-corrected chi connectivity index (χ2v) is 6.21. The van der Waals surface area contributed by atoms with E-state index in [0.29, 0.717) is 51.4 Å². The summed E-state index contributed by atoms with van der Waals surface area (Å²) in [4.78, 5) is 12.9. The van der Waals surface area contributed by atoms with Gasteiger partial charge in [0.05, 0.1) is 54.6 Å². The Kier molecular flexibility index (Phi) is 5.91. The second kappa shape index (κ2) is 8.38. The quantitative estimate of drug-likeness (QED) is 0.694. The van der Waals surface area contributed by atoms with Crippen LogP contribution in [0.5, 0.6) is 40.2 Å². The van der Waals surface area contributed by atoms with Crippen molar-refractivity contribution in [2.45, 2.75) is 12.5 Å². The highest BCUT2D eigenvalue weighted by Gasteiger charge is 2.35. The van der Waals surface area contributed by atoms with Gasteiger partial charge >= 0.3 is 0 Å². The second-order valence-electron chi connectivity index (χ2n) is 6.21. The monoisotopic (exact) mass is 404 g/mol. The zero-order valence-corrected chi connectivity index (χ0v) is 17.3. The highest BCUT2D eigenvalue weighted by molar-refractivity contribution is 6.01. The van der Waals surface area contributed by atoms with Crippen LogP contribution in [0.3, 0.4) is 0 Å². The molecule has 0 saturated carbocycles. The van der Waals surface area contributed by atoms with Crippen molar-refractivity contribution in [2.75, 3.05) is 42.7 Å². The zero-order chi connectivity index (χ0) is 21.1. The molecule has 8 heteroatoms. The SMILES string of the molecule is COc1cc(OC)c2c(c1)C(=O)C[C@H](c1cc(OC)c(OC)c(OC)c1OC)O2. The average molecular weight is 404 g/mol. The van der Waals surface area contributed by atoms with Gasteiger partial charge in [0.1, 0.15) is 11.9 Å². The third kappa shape index (κ3) is 3.46. The number of hydrogen-bond acceptors (Lipinski definition) is 8. The van der Waals surface area contributed by atoms with Gasteiger partial charge in [0.15, 0.2) is 28.8 Å². The number of benzene rings is 2. The molecule has 0 spiro atoms. The fourth-order valence-electron chi connectivity index (χ4n) is 3.41. The van der Waals surface area contributed by atoms with Crippen molar-refractivity contribution >= 4 is 5.78 Å². The first-order chi connectivity index (χ1) is 14.0. The molecular formula is C21H24O8. The number of carbonyl (C=O) groups excluding carboxylic acids is 1. The molecule has 8 nitrogen and oxygen atoms in total. The van der Waals surface area contributed by atoms with Crippen LogP contribution in [0.1, 0.15) is 28.4 Å². The van der Waals surface area contributed by atoms with Crippen LogP contribution in [0, 0.1) is 0 Å². The van der Waals surface area contributed by atoms with Crippen molar-refractivity contribution in [1.29, 1.82) is 0 Å². The highest BCUT2D eigenvalue weighted by atomic mass is 16.5. The maximum atomic E-state index is 12.9. The van der Waals surface area contributed by atoms with Gasteiger partial charge < -0.3 is 33.2 Å². The molecule has 29 heavy (non-hydrogen) atoms. The average Bonchev–Trinajstić information content (AvgIpc) is 2.76. The number of rotatable bonds is 7. The molecule has 2 aromatic carbocycles. The van der Waals surface area contributed by atoms with Crippen molar-refractivity contribution in [1.82, 2.24) is 0 Å². The molecule has 0 saturated heterocycles. The minimum Gasteiger partial charge on any atom is -0.497 e. The number of hydrogen-bond donors (Lipinski definition) is 0. The van der Waals surface area contributed by atoms with Gasteiger partial charge in [-0.1, -0.05) is 0 Å². The Morgan fingerprint density at radius 1 is 0.759 bits per heavy atom. The molecule has 0 unspecified atom stereocenters. The smallest absolute Gasteiger partial charge is 0.207 e. The molecule has 0 fully saturated rings. The predicted molar refractivity (Wildman–Crippen MR) is 105 cm³/mol. The standard InChI is InChI=1S/C21H24O8/c1-23-11-7-12-14(22)10-15(29-18(12)16(8-11)24-2)13-9-17(25-3)20(27-5)21(28-6)19(13)26-4/h7-9,15H,10H2,1-6H3/t15-/m1/s1. The largest absolute Gasteiger partial charge is 0.497 e. The Bertz CT molecular complexity index is 922. The summed E-state index contributed by atoms with van der Waals surface area (Å²) in [5, 5.41) is 0.